The maximum Gasteiger partial charge on any atom is 0.262 e. The number of piperidine rings is 1. The van der Waals surface area contributed by atoms with Crippen LogP contribution in [-0.4, -0.2) is 33.8 Å². The molecule has 1 saturated heterocycles. The van der Waals surface area contributed by atoms with Gasteiger partial charge in [0.2, 0.25) is 17.7 Å². The number of carbonyl (C=O) groups is 3. The van der Waals surface area contributed by atoms with Crippen molar-refractivity contribution in [2.75, 3.05) is 11.9 Å². The minimum atomic E-state index is -0.767. The molecular weight excluding hydrogens is 466 g/mol. The number of aryl methyl sites for hydroxylation is 2. The molecule has 11 heteroatoms. The summed E-state index contributed by atoms with van der Waals surface area (Å²) < 4.78 is 1.34. The normalized spacial score (nSPS) is 16.0. The molecule has 0 radical (unpaired) electrons. The van der Waals surface area contributed by atoms with Crippen molar-refractivity contribution in [3.05, 3.63) is 55.2 Å². The zero-order valence-electron chi connectivity index (χ0n) is 18.0. The maximum atomic E-state index is 13.1. The van der Waals surface area contributed by atoms with E-state index in [1.807, 2.05) is 19.1 Å². The molecule has 0 bridgehead atoms. The molecule has 3 N–H and O–H groups in total. The predicted octanol–water partition coefficient (Wildman–Crippen LogP) is 2.43. The number of aromatic nitrogens is 2. The maximum absolute atomic E-state index is 13.1. The van der Waals surface area contributed by atoms with Gasteiger partial charge in [-0.1, -0.05) is 17.7 Å². The molecule has 3 heterocycles. The smallest absolute Gasteiger partial charge is 0.262 e. The second kappa shape index (κ2) is 9.32. The van der Waals surface area contributed by atoms with Gasteiger partial charge in [-0.05, 0) is 38.0 Å². The third-order valence-electron chi connectivity index (χ3n) is 5.50. The number of imide groups is 1. The van der Waals surface area contributed by atoms with Gasteiger partial charge in [0.1, 0.15) is 11.9 Å². The Bertz CT molecular complexity index is 1330. The molecule has 1 fully saturated rings. The summed E-state index contributed by atoms with van der Waals surface area (Å²) in [4.78, 5) is 54.4. The highest BCUT2D eigenvalue weighted by Crippen LogP contribution is 2.25. The van der Waals surface area contributed by atoms with Gasteiger partial charge in [0, 0.05) is 22.5 Å². The van der Waals surface area contributed by atoms with Gasteiger partial charge in [0.25, 0.3) is 5.56 Å². The molecule has 0 spiro atoms. The Kier molecular flexibility index (Phi) is 6.48. The number of fused-ring (bicyclic) bond motifs is 1. The lowest BCUT2D eigenvalue weighted by molar-refractivity contribution is -0.135. The molecular formula is C22H22ClN5O4S. The molecule has 3 amide bonds. The first kappa shape index (κ1) is 22.9. The standard InChI is InChI=1S/C22H22ClN5O4S/c1-11-3-4-13(7-15(11)23)24-9-19(30)25-8-17-20-14(10-33-17)22(32)28(12(2)26-20)16-5-6-18(29)27-21(16)31/h3-4,7,10,16,24H,5-6,8-9H2,1-2H3,(H,25,30)(H,27,29,31). The Labute approximate surface area is 198 Å². The molecule has 33 heavy (non-hydrogen) atoms. The molecule has 1 unspecified atom stereocenters. The minimum Gasteiger partial charge on any atom is -0.376 e. The number of nitrogens with zero attached hydrogens (tertiary/aromatic N) is 2. The number of anilines is 1. The Morgan fingerprint density at radius 2 is 2.09 bits per heavy atom. The molecule has 1 aliphatic heterocycles. The second-order valence-electron chi connectivity index (χ2n) is 7.82. The van der Waals surface area contributed by atoms with E-state index >= 15 is 0 Å². The van der Waals surface area contributed by atoms with Crippen LogP contribution in [0.15, 0.2) is 28.4 Å². The minimum absolute atomic E-state index is 0.0669. The zero-order chi connectivity index (χ0) is 23.7. The zero-order valence-corrected chi connectivity index (χ0v) is 19.6. The van der Waals surface area contributed by atoms with Gasteiger partial charge in [-0.3, -0.25) is 29.1 Å². The SMILES string of the molecule is Cc1ccc(NCC(=O)NCc2scc3c(=O)n(C4CCC(=O)NC4=O)c(C)nc23)cc1Cl. The van der Waals surface area contributed by atoms with Crippen LogP contribution < -0.4 is 21.5 Å². The first-order chi connectivity index (χ1) is 15.7. The van der Waals surface area contributed by atoms with Crippen molar-refractivity contribution in [2.45, 2.75) is 39.3 Å². The summed E-state index contributed by atoms with van der Waals surface area (Å²) in [5, 5.41) is 10.8. The van der Waals surface area contributed by atoms with E-state index in [-0.39, 0.29) is 43.3 Å². The largest absolute Gasteiger partial charge is 0.376 e. The van der Waals surface area contributed by atoms with Crippen molar-refractivity contribution in [3.8, 4) is 0 Å². The molecule has 4 rings (SSSR count). The number of hydrogen-bond acceptors (Lipinski definition) is 7. The quantitative estimate of drug-likeness (QED) is 0.459. The van der Waals surface area contributed by atoms with Gasteiger partial charge in [-0.2, -0.15) is 0 Å². The summed E-state index contributed by atoms with van der Waals surface area (Å²) in [7, 11) is 0. The Hall–Kier alpha value is -3.24. The van der Waals surface area contributed by atoms with E-state index in [2.05, 4.69) is 20.9 Å². The van der Waals surface area contributed by atoms with E-state index in [1.165, 1.54) is 15.9 Å². The van der Waals surface area contributed by atoms with Crippen LogP contribution in [0.1, 0.15) is 35.1 Å². The van der Waals surface area contributed by atoms with Crippen LogP contribution in [0.5, 0.6) is 0 Å². The summed E-state index contributed by atoms with van der Waals surface area (Å²) in [6.45, 7) is 3.84. The van der Waals surface area contributed by atoms with Crippen LogP contribution in [0, 0.1) is 13.8 Å². The third kappa shape index (κ3) is 4.76. The number of rotatable bonds is 6. The Balaban J connectivity index is 1.46. The fourth-order valence-electron chi connectivity index (χ4n) is 3.71. The van der Waals surface area contributed by atoms with Crippen LogP contribution >= 0.6 is 22.9 Å². The molecule has 1 aromatic carbocycles. The predicted molar refractivity (Wildman–Crippen MR) is 127 cm³/mol. The first-order valence-electron chi connectivity index (χ1n) is 10.3. The van der Waals surface area contributed by atoms with Gasteiger partial charge >= 0.3 is 0 Å². The van der Waals surface area contributed by atoms with E-state index in [4.69, 9.17) is 11.6 Å². The second-order valence-corrected chi connectivity index (χ2v) is 9.19. The fourth-order valence-corrected chi connectivity index (χ4v) is 4.78. The molecule has 3 aromatic rings. The van der Waals surface area contributed by atoms with Crippen molar-refractivity contribution in [2.24, 2.45) is 0 Å². The average molecular weight is 488 g/mol. The highest BCUT2D eigenvalue weighted by atomic mass is 35.5. The summed E-state index contributed by atoms with van der Waals surface area (Å²) in [6.07, 6.45) is 0.426. The lowest BCUT2D eigenvalue weighted by Gasteiger charge is -2.24. The van der Waals surface area contributed by atoms with Gasteiger partial charge < -0.3 is 10.6 Å². The van der Waals surface area contributed by atoms with Gasteiger partial charge in [0.15, 0.2) is 0 Å². The molecule has 172 valence electrons. The van der Waals surface area contributed by atoms with E-state index in [9.17, 15) is 19.2 Å². The average Bonchev–Trinajstić information content (AvgIpc) is 3.17. The fraction of sp³-hybridized carbons (Fsp3) is 0.318. The molecule has 9 nitrogen and oxygen atoms in total. The highest BCUT2D eigenvalue weighted by molar-refractivity contribution is 7.11. The number of amides is 3. The van der Waals surface area contributed by atoms with Crippen LogP contribution in [0.3, 0.4) is 0 Å². The summed E-state index contributed by atoms with van der Waals surface area (Å²) >= 11 is 7.42. The molecule has 1 aliphatic rings. The van der Waals surface area contributed by atoms with Crippen molar-refractivity contribution >= 4 is 57.2 Å². The van der Waals surface area contributed by atoms with Crippen LogP contribution in [0.2, 0.25) is 5.02 Å². The topological polar surface area (TPSA) is 122 Å². The van der Waals surface area contributed by atoms with E-state index in [0.29, 0.717) is 21.7 Å². The Morgan fingerprint density at radius 3 is 2.82 bits per heavy atom. The summed E-state index contributed by atoms with van der Waals surface area (Å²) in [5.74, 6) is -0.681. The Morgan fingerprint density at radius 1 is 1.30 bits per heavy atom. The monoisotopic (exact) mass is 487 g/mol. The van der Waals surface area contributed by atoms with Crippen LogP contribution in [0.4, 0.5) is 5.69 Å². The van der Waals surface area contributed by atoms with Crippen molar-refractivity contribution in [1.82, 2.24) is 20.2 Å². The number of thiophene rings is 1. The number of halogens is 1. The van der Waals surface area contributed by atoms with Gasteiger partial charge in [-0.15, -0.1) is 11.3 Å². The van der Waals surface area contributed by atoms with Crippen molar-refractivity contribution in [1.29, 1.82) is 0 Å². The summed E-state index contributed by atoms with van der Waals surface area (Å²) in [6, 6.07) is 4.71. The lowest BCUT2D eigenvalue weighted by Crippen LogP contribution is -2.45. The number of hydrogen-bond donors (Lipinski definition) is 3. The number of carbonyl (C=O) groups excluding carboxylic acids is 3. The van der Waals surface area contributed by atoms with Crippen molar-refractivity contribution < 1.29 is 14.4 Å². The summed E-state index contributed by atoms with van der Waals surface area (Å²) in [5.41, 5.74) is 1.87. The highest BCUT2D eigenvalue weighted by Gasteiger charge is 2.30. The van der Waals surface area contributed by atoms with Gasteiger partial charge in [0.05, 0.1) is 28.9 Å². The van der Waals surface area contributed by atoms with E-state index < -0.39 is 11.9 Å². The lowest BCUT2D eigenvalue weighted by atomic mass is 10.1. The van der Waals surface area contributed by atoms with Crippen molar-refractivity contribution in [3.63, 3.8) is 0 Å². The number of benzene rings is 1. The first-order valence-corrected chi connectivity index (χ1v) is 11.6. The van der Waals surface area contributed by atoms with Crippen LogP contribution in [-0.2, 0) is 20.9 Å². The number of nitrogens with one attached hydrogen (secondary N) is 3. The molecule has 0 saturated carbocycles. The molecule has 1 atom stereocenters. The van der Waals surface area contributed by atoms with Gasteiger partial charge in [-0.25, -0.2) is 4.98 Å². The third-order valence-corrected chi connectivity index (χ3v) is 6.89. The van der Waals surface area contributed by atoms with E-state index in [1.54, 1.807) is 18.4 Å². The molecule has 0 aliphatic carbocycles. The van der Waals surface area contributed by atoms with Crippen LogP contribution in [0.25, 0.3) is 10.9 Å². The van der Waals surface area contributed by atoms with E-state index in [0.717, 1.165) is 16.1 Å². The molecule has 2 aromatic heterocycles.